The van der Waals surface area contributed by atoms with Gasteiger partial charge in [-0.3, -0.25) is 0 Å². The highest BCUT2D eigenvalue weighted by molar-refractivity contribution is 5.80. The fourth-order valence-electron chi connectivity index (χ4n) is 5.92. The predicted octanol–water partition coefficient (Wildman–Crippen LogP) is 11.3. The smallest absolute Gasteiger partial charge is 0.236 e. The summed E-state index contributed by atoms with van der Waals surface area (Å²) in [5, 5.41) is 0. The van der Waals surface area contributed by atoms with Crippen LogP contribution in [-0.4, -0.2) is 16.6 Å². The second kappa shape index (κ2) is 17.1. The molecule has 0 amide bonds. The molecule has 2 rings (SSSR count). The van der Waals surface area contributed by atoms with Gasteiger partial charge in [0.05, 0.1) is 17.6 Å². The van der Waals surface area contributed by atoms with Crippen molar-refractivity contribution in [2.45, 2.75) is 168 Å². The maximum atomic E-state index is 6.39. The minimum atomic E-state index is -0.0163. The first kappa shape index (κ1) is 32.6. The zero-order valence-corrected chi connectivity index (χ0v) is 26.3. The fraction of sp³-hybridized carbons (Fsp3) is 0.771. The highest BCUT2D eigenvalue weighted by Crippen LogP contribution is 2.42. The molecule has 0 aliphatic rings. The molecule has 216 valence electrons. The number of unbranched alkanes of at least 4 members (excludes halogenated alkanes) is 9. The second-order valence-corrected chi connectivity index (χ2v) is 12.3. The zero-order chi connectivity index (χ0) is 27.9. The number of aromatic nitrogens is 2. The molecule has 1 atom stereocenters. The third-order valence-corrected chi connectivity index (χ3v) is 8.85. The van der Waals surface area contributed by atoms with Crippen molar-refractivity contribution in [3.63, 3.8) is 0 Å². The van der Waals surface area contributed by atoms with Gasteiger partial charge in [0.15, 0.2) is 0 Å². The lowest BCUT2D eigenvalue weighted by molar-refractivity contribution is 0.283. The molecule has 1 unspecified atom stereocenters. The van der Waals surface area contributed by atoms with Gasteiger partial charge in [-0.2, -0.15) is 0 Å². The fourth-order valence-corrected chi connectivity index (χ4v) is 5.92. The summed E-state index contributed by atoms with van der Waals surface area (Å²) >= 11 is 0. The summed E-state index contributed by atoms with van der Waals surface area (Å²) in [6.07, 6.45) is 21.1. The molecule has 0 N–H and O–H groups in total. The average molecular weight is 525 g/mol. The Morgan fingerprint density at radius 1 is 0.632 bits per heavy atom. The molecule has 0 saturated heterocycles. The Kier molecular flexibility index (Phi) is 14.7. The van der Waals surface area contributed by atoms with E-state index < -0.39 is 0 Å². The molecule has 0 saturated carbocycles. The summed E-state index contributed by atoms with van der Waals surface area (Å²) in [5.41, 5.74) is 4.67. The van der Waals surface area contributed by atoms with Gasteiger partial charge in [-0.15, -0.1) is 0 Å². The lowest BCUT2D eigenvalue weighted by Crippen LogP contribution is -2.26. The van der Waals surface area contributed by atoms with E-state index in [0.29, 0.717) is 6.61 Å². The molecule has 0 bridgehead atoms. The molecule has 3 heteroatoms. The van der Waals surface area contributed by atoms with Gasteiger partial charge in [-0.05, 0) is 49.1 Å². The Balaban J connectivity index is 2.55. The molecule has 1 aromatic carbocycles. The third-order valence-electron chi connectivity index (χ3n) is 8.85. The highest BCUT2D eigenvalue weighted by atomic mass is 16.5. The Labute approximate surface area is 236 Å². The summed E-state index contributed by atoms with van der Waals surface area (Å²) in [6.45, 7) is 16.9. The van der Waals surface area contributed by atoms with Crippen LogP contribution in [0.15, 0.2) is 18.2 Å². The minimum Gasteiger partial charge on any atom is -0.476 e. The van der Waals surface area contributed by atoms with Crippen molar-refractivity contribution in [2.24, 2.45) is 0 Å². The molecule has 1 heterocycles. The maximum absolute atomic E-state index is 6.39. The quantitative estimate of drug-likeness (QED) is 0.152. The number of benzene rings is 1. The first-order valence-corrected chi connectivity index (χ1v) is 16.3. The van der Waals surface area contributed by atoms with Crippen molar-refractivity contribution in [2.75, 3.05) is 6.61 Å². The highest BCUT2D eigenvalue weighted by Gasteiger charge is 2.33. The third kappa shape index (κ3) is 9.23. The van der Waals surface area contributed by atoms with Crippen molar-refractivity contribution in [3.05, 3.63) is 29.5 Å². The summed E-state index contributed by atoms with van der Waals surface area (Å²) in [6, 6.07) is 6.74. The summed E-state index contributed by atoms with van der Waals surface area (Å²) < 4.78 is 6.39. The first-order valence-electron chi connectivity index (χ1n) is 16.3. The van der Waals surface area contributed by atoms with Crippen LogP contribution in [0.5, 0.6) is 5.88 Å². The summed E-state index contributed by atoms with van der Waals surface area (Å²) in [5.74, 6) is 0.783. The van der Waals surface area contributed by atoms with Gasteiger partial charge < -0.3 is 4.74 Å². The lowest BCUT2D eigenvalue weighted by atomic mass is 9.73. The first-order chi connectivity index (χ1) is 18.4. The molecule has 0 spiro atoms. The van der Waals surface area contributed by atoms with E-state index in [-0.39, 0.29) is 10.8 Å². The van der Waals surface area contributed by atoms with E-state index in [2.05, 4.69) is 66.7 Å². The average Bonchev–Trinajstić information content (AvgIpc) is 2.93. The maximum Gasteiger partial charge on any atom is 0.236 e. The van der Waals surface area contributed by atoms with E-state index in [4.69, 9.17) is 14.7 Å². The van der Waals surface area contributed by atoms with Crippen molar-refractivity contribution < 1.29 is 4.74 Å². The van der Waals surface area contributed by atoms with Crippen LogP contribution in [0.4, 0.5) is 0 Å². The second-order valence-electron chi connectivity index (χ2n) is 12.3. The van der Waals surface area contributed by atoms with Crippen LogP contribution in [0.25, 0.3) is 11.0 Å². The molecule has 3 nitrogen and oxygen atoms in total. The molecule has 1 aromatic heterocycles. The number of ether oxygens (including phenoxy) is 1. The van der Waals surface area contributed by atoms with E-state index >= 15 is 0 Å². The summed E-state index contributed by atoms with van der Waals surface area (Å²) in [7, 11) is 0. The Morgan fingerprint density at radius 2 is 1.18 bits per heavy atom. The Hall–Kier alpha value is -1.64. The van der Waals surface area contributed by atoms with Crippen molar-refractivity contribution in [1.82, 2.24) is 9.97 Å². The van der Waals surface area contributed by atoms with Gasteiger partial charge in [0.2, 0.25) is 5.88 Å². The van der Waals surface area contributed by atoms with Gasteiger partial charge in [0.25, 0.3) is 0 Å². The van der Waals surface area contributed by atoms with Crippen LogP contribution < -0.4 is 4.74 Å². The van der Waals surface area contributed by atoms with Crippen LogP contribution in [0.1, 0.15) is 169 Å². The Morgan fingerprint density at radius 3 is 1.68 bits per heavy atom. The molecule has 38 heavy (non-hydrogen) atoms. The monoisotopic (exact) mass is 524 g/mol. The largest absolute Gasteiger partial charge is 0.476 e. The van der Waals surface area contributed by atoms with Crippen molar-refractivity contribution in [1.29, 1.82) is 0 Å². The number of hydrogen-bond acceptors (Lipinski definition) is 3. The minimum absolute atomic E-state index is 0.0163. The van der Waals surface area contributed by atoms with E-state index in [1.807, 2.05) is 0 Å². The van der Waals surface area contributed by atoms with Crippen LogP contribution in [-0.2, 0) is 10.8 Å². The molecule has 0 radical (unpaired) electrons. The molecule has 2 aromatic rings. The van der Waals surface area contributed by atoms with E-state index in [0.717, 1.165) is 41.9 Å². The molecule has 0 aliphatic heterocycles. The van der Waals surface area contributed by atoms with E-state index in [1.165, 1.54) is 95.5 Å². The van der Waals surface area contributed by atoms with Crippen molar-refractivity contribution in [3.8, 4) is 5.88 Å². The van der Waals surface area contributed by atoms with Crippen molar-refractivity contribution >= 4 is 11.0 Å². The van der Waals surface area contributed by atoms with Gasteiger partial charge >= 0.3 is 0 Å². The molecular formula is C35H60N2O. The number of fused-ring (bicyclic) bond motifs is 1. The zero-order valence-electron chi connectivity index (χ0n) is 26.3. The van der Waals surface area contributed by atoms with Gasteiger partial charge in [0, 0.05) is 5.41 Å². The summed E-state index contributed by atoms with van der Waals surface area (Å²) in [4.78, 5) is 10.7. The van der Waals surface area contributed by atoms with E-state index in [9.17, 15) is 0 Å². The normalized spacial score (nSPS) is 13.7. The number of hydrogen-bond donors (Lipinski definition) is 0. The van der Waals surface area contributed by atoms with Crippen LogP contribution >= 0.6 is 0 Å². The topological polar surface area (TPSA) is 35.0 Å². The van der Waals surface area contributed by atoms with Gasteiger partial charge in [-0.25, -0.2) is 9.97 Å². The van der Waals surface area contributed by atoms with Crippen LogP contribution in [0, 0.1) is 0 Å². The van der Waals surface area contributed by atoms with E-state index in [1.54, 1.807) is 0 Å². The molecule has 0 aliphatic carbocycles. The molecule has 0 fully saturated rings. The number of rotatable bonds is 21. The lowest BCUT2D eigenvalue weighted by Gasteiger charge is -2.33. The molecular weight excluding hydrogens is 464 g/mol. The Bertz CT molecular complexity index is 912. The van der Waals surface area contributed by atoms with Gasteiger partial charge in [0.1, 0.15) is 5.69 Å². The van der Waals surface area contributed by atoms with Gasteiger partial charge in [-0.1, -0.05) is 138 Å². The number of nitrogens with zero attached hydrogens (tertiary/aromatic N) is 2. The SMILES string of the molecule is CCCCCCC(C)(CC)c1nc2cccc(C(C)(CCCCCC)CCCCCC)c2nc1OCCC. The van der Waals surface area contributed by atoms with Crippen LogP contribution in [0.2, 0.25) is 0 Å². The predicted molar refractivity (Wildman–Crippen MR) is 167 cm³/mol. The van der Waals surface area contributed by atoms with Crippen LogP contribution in [0.3, 0.4) is 0 Å². The number of para-hydroxylation sites is 1. The standard InChI is InChI=1S/C35H60N2O/c1-8-13-16-19-25-34(6,12-5)32-33(38-28-11-4)37-31-29(23-22-24-30(31)36-32)35(7,26-20-17-14-9-2)27-21-18-15-10-3/h22-24H,8-21,25-28H2,1-7H3.